The standard InChI is InChI=1S/C23H29N3O2S/c1-16(13-14-17-7-3-2-4-8-17)29(24,28)26-23(27)25-22-20-11-5-9-18(20)15-19-10-6-12-21(19)22/h2-4,7-8,15-16H,5-6,9-14H2,1H3,(H3,24,25,26,27,28)/t16-,29+/m1/s1. The molecule has 2 aromatic rings. The molecule has 0 heterocycles. The molecule has 0 spiro atoms. The monoisotopic (exact) mass is 411 g/mol. The lowest BCUT2D eigenvalue weighted by atomic mass is 9.99. The summed E-state index contributed by atoms with van der Waals surface area (Å²) in [6.45, 7) is 1.81. The lowest BCUT2D eigenvalue weighted by Crippen LogP contribution is -2.28. The molecule has 154 valence electrons. The minimum atomic E-state index is -3.11. The number of nitrogens with zero attached hydrogens (tertiary/aromatic N) is 1. The zero-order valence-electron chi connectivity index (χ0n) is 16.9. The van der Waals surface area contributed by atoms with Crippen molar-refractivity contribution in [1.82, 2.24) is 0 Å². The Hall–Kier alpha value is -2.18. The van der Waals surface area contributed by atoms with Crippen LogP contribution in [-0.4, -0.2) is 15.5 Å². The van der Waals surface area contributed by atoms with Crippen LogP contribution >= 0.6 is 0 Å². The lowest BCUT2D eigenvalue weighted by molar-refractivity contribution is 0.260. The molecule has 0 unspecified atom stereocenters. The van der Waals surface area contributed by atoms with E-state index in [9.17, 15) is 9.00 Å². The number of urea groups is 1. The van der Waals surface area contributed by atoms with E-state index in [0.717, 1.165) is 56.2 Å². The van der Waals surface area contributed by atoms with Crippen molar-refractivity contribution in [3.05, 3.63) is 64.2 Å². The molecule has 0 fully saturated rings. The number of hydrogen-bond donors (Lipinski definition) is 2. The van der Waals surface area contributed by atoms with Crippen LogP contribution in [0.1, 0.15) is 54.0 Å². The molecular weight excluding hydrogens is 382 g/mol. The van der Waals surface area contributed by atoms with Crippen LogP contribution in [-0.2, 0) is 42.0 Å². The van der Waals surface area contributed by atoms with Gasteiger partial charge < -0.3 is 5.32 Å². The van der Waals surface area contributed by atoms with Crippen molar-refractivity contribution in [3.8, 4) is 0 Å². The zero-order valence-corrected chi connectivity index (χ0v) is 17.8. The number of fused-ring (bicyclic) bond motifs is 2. The molecule has 3 N–H and O–H groups in total. The molecule has 2 aliphatic carbocycles. The smallest absolute Gasteiger partial charge is 0.305 e. The SMILES string of the molecule is C[C@H](CCc1ccccc1)[S@@](N)(=O)=NC(=O)Nc1c2c(cc3c1CCC3)CCC2. The molecule has 0 saturated carbocycles. The van der Waals surface area contributed by atoms with Gasteiger partial charge in [-0.1, -0.05) is 36.4 Å². The fourth-order valence-electron chi connectivity index (χ4n) is 4.50. The molecule has 0 aromatic heterocycles. The summed E-state index contributed by atoms with van der Waals surface area (Å²) in [5.74, 6) is 0. The zero-order chi connectivity index (χ0) is 20.4. The first-order valence-electron chi connectivity index (χ1n) is 10.5. The van der Waals surface area contributed by atoms with Crippen molar-refractivity contribution in [2.45, 2.75) is 63.5 Å². The molecule has 2 aromatic carbocycles. The number of nitrogens with one attached hydrogen (secondary N) is 1. The molecule has 2 aliphatic rings. The van der Waals surface area contributed by atoms with Gasteiger partial charge in [0, 0.05) is 5.69 Å². The van der Waals surface area contributed by atoms with E-state index in [1.54, 1.807) is 6.92 Å². The van der Waals surface area contributed by atoms with Crippen LogP contribution in [0.25, 0.3) is 0 Å². The normalized spacial score (nSPS) is 17.9. The fourth-order valence-corrected chi connectivity index (χ4v) is 5.44. The summed E-state index contributed by atoms with van der Waals surface area (Å²) in [4.78, 5) is 12.7. The lowest BCUT2D eigenvalue weighted by Gasteiger charge is -2.16. The third-order valence-corrected chi connectivity index (χ3v) is 8.03. The summed E-state index contributed by atoms with van der Waals surface area (Å²) in [5, 5.41) is 8.59. The number of carbonyl (C=O) groups is 1. The summed E-state index contributed by atoms with van der Waals surface area (Å²) in [6, 6.07) is 11.7. The Balaban J connectivity index is 1.50. The Kier molecular flexibility index (Phi) is 5.74. The van der Waals surface area contributed by atoms with Crippen molar-refractivity contribution in [1.29, 1.82) is 0 Å². The maximum absolute atomic E-state index is 12.9. The van der Waals surface area contributed by atoms with Gasteiger partial charge in [-0.05, 0) is 86.1 Å². The third kappa shape index (κ3) is 4.38. The van der Waals surface area contributed by atoms with Crippen LogP contribution in [0.3, 0.4) is 0 Å². The van der Waals surface area contributed by atoms with Gasteiger partial charge >= 0.3 is 6.03 Å². The molecule has 2 amide bonds. The first kappa shape index (κ1) is 20.1. The number of rotatable bonds is 5. The summed E-state index contributed by atoms with van der Waals surface area (Å²) in [7, 11) is -3.11. The van der Waals surface area contributed by atoms with Crippen LogP contribution in [0.15, 0.2) is 40.8 Å². The van der Waals surface area contributed by atoms with E-state index >= 15 is 0 Å². The average Bonchev–Trinajstić information content (AvgIpc) is 3.35. The highest BCUT2D eigenvalue weighted by Gasteiger charge is 2.25. The second-order valence-electron chi connectivity index (χ2n) is 8.20. The van der Waals surface area contributed by atoms with Crippen molar-refractivity contribution in [2.75, 3.05) is 5.32 Å². The minimum absolute atomic E-state index is 0.374. The van der Waals surface area contributed by atoms with Gasteiger partial charge in [0.05, 0.1) is 5.25 Å². The third-order valence-electron chi connectivity index (χ3n) is 6.19. The van der Waals surface area contributed by atoms with Crippen LogP contribution in [0.4, 0.5) is 10.5 Å². The molecular formula is C23H29N3O2S. The molecule has 0 saturated heterocycles. The summed E-state index contributed by atoms with van der Waals surface area (Å²) >= 11 is 0. The highest BCUT2D eigenvalue weighted by Crippen LogP contribution is 2.38. The van der Waals surface area contributed by atoms with E-state index < -0.39 is 15.9 Å². The summed E-state index contributed by atoms with van der Waals surface area (Å²) in [6.07, 6.45) is 7.68. The van der Waals surface area contributed by atoms with E-state index in [-0.39, 0.29) is 5.25 Å². The van der Waals surface area contributed by atoms with Gasteiger partial charge in [0.1, 0.15) is 9.92 Å². The van der Waals surface area contributed by atoms with Gasteiger partial charge in [-0.25, -0.2) is 14.1 Å². The Labute approximate surface area is 173 Å². The van der Waals surface area contributed by atoms with E-state index in [2.05, 4.69) is 15.7 Å². The summed E-state index contributed by atoms with van der Waals surface area (Å²) in [5.41, 5.74) is 7.21. The van der Waals surface area contributed by atoms with Gasteiger partial charge in [-0.3, -0.25) is 0 Å². The van der Waals surface area contributed by atoms with Gasteiger partial charge in [0.15, 0.2) is 0 Å². The maximum atomic E-state index is 12.9. The molecule has 0 radical (unpaired) electrons. The van der Waals surface area contributed by atoms with E-state index in [0.29, 0.717) is 6.42 Å². The molecule has 5 nitrogen and oxygen atoms in total. The largest absolute Gasteiger partial charge is 0.354 e. The number of nitrogens with two attached hydrogens (primary N) is 1. The van der Waals surface area contributed by atoms with Crippen molar-refractivity contribution >= 4 is 21.6 Å². The number of amides is 2. The fraction of sp³-hybridized carbons (Fsp3) is 0.435. The van der Waals surface area contributed by atoms with Gasteiger partial charge in [0.25, 0.3) is 0 Å². The molecule has 2 atom stereocenters. The first-order chi connectivity index (χ1) is 13.9. The molecule has 29 heavy (non-hydrogen) atoms. The second kappa shape index (κ2) is 8.28. The van der Waals surface area contributed by atoms with Crippen molar-refractivity contribution in [2.24, 2.45) is 9.50 Å². The molecule has 4 rings (SSSR count). The van der Waals surface area contributed by atoms with Crippen LogP contribution in [0, 0.1) is 0 Å². The number of carbonyl (C=O) groups excluding carboxylic acids is 1. The van der Waals surface area contributed by atoms with Gasteiger partial charge in [0.2, 0.25) is 0 Å². The number of benzene rings is 2. The Morgan fingerprint density at radius 2 is 1.72 bits per heavy atom. The highest BCUT2D eigenvalue weighted by molar-refractivity contribution is 7.92. The van der Waals surface area contributed by atoms with Gasteiger partial charge in [-0.2, -0.15) is 0 Å². The van der Waals surface area contributed by atoms with Crippen molar-refractivity contribution < 1.29 is 9.00 Å². The topological polar surface area (TPSA) is 84.6 Å². The van der Waals surface area contributed by atoms with Crippen LogP contribution < -0.4 is 10.5 Å². The van der Waals surface area contributed by atoms with Gasteiger partial charge in [-0.15, -0.1) is 4.36 Å². The molecule has 6 heteroatoms. The quantitative estimate of drug-likeness (QED) is 0.756. The van der Waals surface area contributed by atoms with E-state index in [4.69, 9.17) is 5.14 Å². The minimum Gasteiger partial charge on any atom is -0.305 e. The van der Waals surface area contributed by atoms with E-state index in [1.165, 1.54) is 22.3 Å². The predicted octanol–water partition coefficient (Wildman–Crippen LogP) is 4.56. The van der Waals surface area contributed by atoms with Crippen molar-refractivity contribution in [3.63, 3.8) is 0 Å². The van der Waals surface area contributed by atoms with E-state index in [1.807, 2.05) is 30.3 Å². The Bertz CT molecular complexity index is 1010. The predicted molar refractivity (Wildman–Crippen MR) is 118 cm³/mol. The highest BCUT2D eigenvalue weighted by atomic mass is 32.2. The average molecular weight is 412 g/mol. The second-order valence-corrected chi connectivity index (χ2v) is 10.4. The first-order valence-corrected chi connectivity index (χ1v) is 12.1. The van der Waals surface area contributed by atoms with Crippen LogP contribution in [0.2, 0.25) is 0 Å². The Morgan fingerprint density at radius 1 is 1.10 bits per heavy atom. The Morgan fingerprint density at radius 3 is 2.34 bits per heavy atom. The summed E-state index contributed by atoms with van der Waals surface area (Å²) < 4.78 is 16.8. The maximum Gasteiger partial charge on any atom is 0.354 e. The molecule has 0 bridgehead atoms. The molecule has 0 aliphatic heterocycles. The number of hydrogen-bond acceptors (Lipinski definition) is 2. The van der Waals surface area contributed by atoms with Crippen LogP contribution in [0.5, 0.6) is 0 Å². The number of aryl methyl sites for hydroxylation is 3. The number of anilines is 1.